The molecular formula is C16H21F3N2O3. The van der Waals surface area contributed by atoms with Crippen molar-refractivity contribution in [3.05, 3.63) is 23.8 Å². The van der Waals surface area contributed by atoms with Gasteiger partial charge in [-0.2, -0.15) is 13.2 Å². The van der Waals surface area contributed by atoms with Crippen LogP contribution in [0.1, 0.15) is 32.8 Å². The monoisotopic (exact) mass is 346 g/mol. The van der Waals surface area contributed by atoms with E-state index in [1.807, 2.05) is 0 Å². The molecule has 134 valence electrons. The molecule has 0 bridgehead atoms. The molecule has 1 aliphatic rings. The van der Waals surface area contributed by atoms with Gasteiger partial charge in [0.1, 0.15) is 17.5 Å². The summed E-state index contributed by atoms with van der Waals surface area (Å²) < 4.78 is 48.8. The number of hydrogen-bond donors (Lipinski definition) is 1. The minimum Gasteiger partial charge on any atom is -0.486 e. The van der Waals surface area contributed by atoms with E-state index in [1.165, 1.54) is 11.0 Å². The highest BCUT2D eigenvalue weighted by Crippen LogP contribution is 2.34. The summed E-state index contributed by atoms with van der Waals surface area (Å²) in [6.07, 6.45) is -4.67. The molecule has 2 N–H and O–H groups in total. The van der Waals surface area contributed by atoms with Crippen LogP contribution in [0.4, 0.5) is 23.7 Å². The van der Waals surface area contributed by atoms with Gasteiger partial charge in [0.2, 0.25) is 0 Å². The van der Waals surface area contributed by atoms with Crippen LogP contribution in [0, 0.1) is 0 Å². The number of ether oxygens (including phenoxy) is 2. The minimum atomic E-state index is -4.45. The van der Waals surface area contributed by atoms with Crippen molar-refractivity contribution in [2.24, 2.45) is 0 Å². The Kier molecular flexibility index (Phi) is 4.87. The molecule has 5 nitrogen and oxygen atoms in total. The van der Waals surface area contributed by atoms with Gasteiger partial charge in [0.25, 0.3) is 0 Å². The van der Waals surface area contributed by atoms with E-state index in [9.17, 15) is 18.0 Å². The number of carbonyl (C=O) groups is 1. The first kappa shape index (κ1) is 18.2. The molecule has 24 heavy (non-hydrogen) atoms. The first-order valence-electron chi connectivity index (χ1n) is 7.57. The molecule has 2 rings (SSSR count). The summed E-state index contributed by atoms with van der Waals surface area (Å²) in [5.41, 5.74) is 4.15. The Morgan fingerprint density at radius 1 is 1.29 bits per heavy atom. The Morgan fingerprint density at radius 3 is 2.50 bits per heavy atom. The molecule has 1 saturated heterocycles. The van der Waals surface area contributed by atoms with Crippen molar-refractivity contribution in [1.29, 1.82) is 0 Å². The first-order valence-corrected chi connectivity index (χ1v) is 7.57. The van der Waals surface area contributed by atoms with Gasteiger partial charge in [-0.1, -0.05) is 0 Å². The lowest BCUT2D eigenvalue weighted by Crippen LogP contribution is -2.36. The molecular weight excluding hydrogens is 325 g/mol. The number of carbonyl (C=O) groups excluding carboxylic acids is 1. The fourth-order valence-electron chi connectivity index (χ4n) is 2.33. The number of nitrogens with zero attached hydrogens (tertiary/aromatic N) is 1. The molecule has 0 spiro atoms. The van der Waals surface area contributed by atoms with Crippen LogP contribution < -0.4 is 10.5 Å². The zero-order valence-corrected chi connectivity index (χ0v) is 13.8. The molecule has 1 heterocycles. The zero-order valence-electron chi connectivity index (χ0n) is 13.8. The van der Waals surface area contributed by atoms with Gasteiger partial charge in [-0.3, -0.25) is 0 Å². The van der Waals surface area contributed by atoms with Gasteiger partial charge >= 0.3 is 12.3 Å². The lowest BCUT2D eigenvalue weighted by molar-refractivity contribution is -0.137. The number of anilines is 1. The molecule has 0 aromatic heterocycles. The van der Waals surface area contributed by atoms with Gasteiger partial charge in [0, 0.05) is 13.0 Å². The second-order valence-electron chi connectivity index (χ2n) is 6.71. The molecule has 1 aromatic carbocycles. The lowest BCUT2D eigenvalue weighted by atomic mass is 10.2. The molecule has 1 aromatic rings. The summed E-state index contributed by atoms with van der Waals surface area (Å²) in [7, 11) is 0. The smallest absolute Gasteiger partial charge is 0.416 e. The average molecular weight is 346 g/mol. The number of rotatable bonds is 2. The highest BCUT2D eigenvalue weighted by atomic mass is 19.4. The number of alkyl halides is 3. The minimum absolute atomic E-state index is 0.0828. The molecule has 1 aliphatic heterocycles. The van der Waals surface area contributed by atoms with E-state index in [-0.39, 0.29) is 17.5 Å². The third kappa shape index (κ3) is 4.69. The lowest BCUT2D eigenvalue weighted by Gasteiger charge is -2.24. The second-order valence-corrected chi connectivity index (χ2v) is 6.71. The van der Waals surface area contributed by atoms with Crippen LogP contribution in [0.15, 0.2) is 18.2 Å². The third-order valence-electron chi connectivity index (χ3n) is 3.43. The molecule has 0 saturated carbocycles. The van der Waals surface area contributed by atoms with Crippen molar-refractivity contribution in [2.75, 3.05) is 18.8 Å². The van der Waals surface area contributed by atoms with Crippen molar-refractivity contribution >= 4 is 11.8 Å². The largest absolute Gasteiger partial charge is 0.486 e. The molecule has 8 heteroatoms. The molecule has 0 radical (unpaired) electrons. The highest BCUT2D eigenvalue weighted by molar-refractivity contribution is 5.68. The van der Waals surface area contributed by atoms with Gasteiger partial charge in [-0.15, -0.1) is 0 Å². The van der Waals surface area contributed by atoms with Crippen LogP contribution in [-0.2, 0) is 10.9 Å². The van der Waals surface area contributed by atoms with E-state index in [4.69, 9.17) is 15.2 Å². The van der Waals surface area contributed by atoms with Crippen LogP contribution in [-0.4, -0.2) is 35.8 Å². The Labute approximate surface area is 138 Å². The third-order valence-corrected chi connectivity index (χ3v) is 3.43. The van der Waals surface area contributed by atoms with Gasteiger partial charge in [0.05, 0.1) is 17.8 Å². The van der Waals surface area contributed by atoms with Gasteiger partial charge < -0.3 is 20.1 Å². The maximum absolute atomic E-state index is 12.6. The van der Waals surface area contributed by atoms with Crippen LogP contribution in [0.5, 0.6) is 5.75 Å². The number of halogens is 3. The number of nitrogens with two attached hydrogens (primary N) is 1. The average Bonchev–Trinajstić information content (AvgIpc) is 2.86. The number of likely N-dealkylation sites (tertiary alicyclic amines) is 1. The standard InChI is InChI=1S/C16H21F3N2O3/c1-15(2,3)24-14(22)21-7-6-11(9-21)23-13-5-4-10(8-12(13)20)16(17,18)19/h4-5,8,11H,6-7,9,20H2,1-3H3. The Balaban J connectivity index is 1.97. The van der Waals surface area contributed by atoms with E-state index >= 15 is 0 Å². The summed E-state index contributed by atoms with van der Waals surface area (Å²) >= 11 is 0. The summed E-state index contributed by atoms with van der Waals surface area (Å²) in [5, 5.41) is 0. The summed E-state index contributed by atoms with van der Waals surface area (Å²) in [4.78, 5) is 13.5. The normalized spacial score (nSPS) is 18.6. The van der Waals surface area contributed by atoms with E-state index in [1.54, 1.807) is 20.8 Å². The Morgan fingerprint density at radius 2 is 1.96 bits per heavy atom. The van der Waals surface area contributed by atoms with E-state index < -0.39 is 23.4 Å². The summed E-state index contributed by atoms with van der Waals surface area (Å²) in [6, 6.07) is 2.97. The number of amides is 1. The van der Waals surface area contributed by atoms with Crippen LogP contribution in [0.25, 0.3) is 0 Å². The van der Waals surface area contributed by atoms with Crippen LogP contribution >= 0.6 is 0 Å². The predicted molar refractivity (Wildman–Crippen MR) is 82.7 cm³/mol. The summed E-state index contributed by atoms with van der Waals surface area (Å²) in [5.74, 6) is 0.180. The Bertz CT molecular complexity index is 612. The Hall–Kier alpha value is -2.12. The molecule has 1 unspecified atom stereocenters. The van der Waals surface area contributed by atoms with Gasteiger partial charge in [-0.05, 0) is 39.0 Å². The fraction of sp³-hybridized carbons (Fsp3) is 0.562. The first-order chi connectivity index (χ1) is 11.0. The topological polar surface area (TPSA) is 64.8 Å². The molecule has 1 atom stereocenters. The van der Waals surface area contributed by atoms with Crippen LogP contribution in [0.3, 0.4) is 0 Å². The number of hydrogen-bond acceptors (Lipinski definition) is 4. The van der Waals surface area contributed by atoms with Crippen molar-refractivity contribution in [1.82, 2.24) is 4.90 Å². The van der Waals surface area contributed by atoms with Crippen molar-refractivity contribution < 1.29 is 27.4 Å². The molecule has 1 amide bonds. The quantitative estimate of drug-likeness (QED) is 0.830. The van der Waals surface area contributed by atoms with Crippen molar-refractivity contribution in [3.63, 3.8) is 0 Å². The summed E-state index contributed by atoms with van der Waals surface area (Å²) in [6.45, 7) is 6.09. The van der Waals surface area contributed by atoms with E-state index in [0.717, 1.165) is 12.1 Å². The molecule has 0 aliphatic carbocycles. The van der Waals surface area contributed by atoms with Gasteiger partial charge in [-0.25, -0.2) is 4.79 Å². The van der Waals surface area contributed by atoms with E-state index in [0.29, 0.717) is 19.5 Å². The maximum atomic E-state index is 12.6. The molecule has 1 fully saturated rings. The maximum Gasteiger partial charge on any atom is 0.416 e. The second kappa shape index (κ2) is 6.41. The van der Waals surface area contributed by atoms with Gasteiger partial charge in [0.15, 0.2) is 0 Å². The van der Waals surface area contributed by atoms with Crippen molar-refractivity contribution in [2.45, 2.75) is 45.1 Å². The zero-order chi connectivity index (χ0) is 18.1. The number of nitrogen functional groups attached to an aromatic ring is 1. The van der Waals surface area contributed by atoms with E-state index in [2.05, 4.69) is 0 Å². The van der Waals surface area contributed by atoms with Crippen LogP contribution in [0.2, 0.25) is 0 Å². The SMILES string of the molecule is CC(C)(C)OC(=O)N1CCC(Oc2ccc(C(F)(F)F)cc2N)C1. The van der Waals surface area contributed by atoms with Crippen molar-refractivity contribution in [3.8, 4) is 5.75 Å². The fourth-order valence-corrected chi connectivity index (χ4v) is 2.33. The predicted octanol–water partition coefficient (Wildman–Crippen LogP) is 3.68. The number of benzene rings is 1. The highest BCUT2D eigenvalue weighted by Gasteiger charge is 2.33.